The van der Waals surface area contributed by atoms with E-state index in [2.05, 4.69) is 5.32 Å². The van der Waals surface area contributed by atoms with Gasteiger partial charge in [-0.25, -0.2) is 0 Å². The van der Waals surface area contributed by atoms with E-state index in [4.69, 9.17) is 23.2 Å². The van der Waals surface area contributed by atoms with Crippen molar-refractivity contribution in [3.05, 3.63) is 28.2 Å². The van der Waals surface area contributed by atoms with Crippen molar-refractivity contribution in [2.45, 2.75) is 51.0 Å². The van der Waals surface area contributed by atoms with Crippen molar-refractivity contribution in [1.29, 1.82) is 0 Å². The van der Waals surface area contributed by atoms with Crippen LogP contribution >= 0.6 is 23.2 Å². The normalized spacial score (nSPS) is 18.5. The van der Waals surface area contributed by atoms with Crippen LogP contribution in [-0.2, 0) is 0 Å². The molecule has 0 saturated heterocycles. The Labute approximate surface area is 114 Å². The molecule has 17 heavy (non-hydrogen) atoms. The highest BCUT2D eigenvalue weighted by Crippen LogP contribution is 2.28. The van der Waals surface area contributed by atoms with Gasteiger partial charge < -0.3 is 5.32 Å². The number of hydrogen-bond donors (Lipinski definition) is 1. The molecule has 0 unspecified atom stereocenters. The molecule has 0 aliphatic heterocycles. The summed E-state index contributed by atoms with van der Waals surface area (Å²) in [6.07, 6.45) is 9.23. The molecule has 2 rings (SSSR count). The molecule has 1 aliphatic rings. The summed E-state index contributed by atoms with van der Waals surface area (Å²) < 4.78 is 0. The molecule has 0 bridgehead atoms. The molecule has 1 nitrogen and oxygen atoms in total. The van der Waals surface area contributed by atoms with E-state index in [0.29, 0.717) is 6.04 Å². The van der Waals surface area contributed by atoms with Crippen molar-refractivity contribution in [2.24, 2.45) is 0 Å². The molecule has 0 heterocycles. The molecule has 1 aromatic carbocycles. The summed E-state index contributed by atoms with van der Waals surface area (Å²) in [4.78, 5) is 0. The van der Waals surface area contributed by atoms with E-state index < -0.39 is 0 Å². The van der Waals surface area contributed by atoms with Crippen molar-refractivity contribution in [3.63, 3.8) is 0 Å². The van der Waals surface area contributed by atoms with Gasteiger partial charge >= 0.3 is 0 Å². The second-order valence-electron chi connectivity index (χ2n) is 4.81. The van der Waals surface area contributed by atoms with E-state index in [9.17, 15) is 0 Å². The van der Waals surface area contributed by atoms with Gasteiger partial charge in [-0.2, -0.15) is 0 Å². The average Bonchev–Trinajstić information content (AvgIpc) is 2.27. The minimum Gasteiger partial charge on any atom is -0.381 e. The molecule has 0 spiro atoms. The van der Waals surface area contributed by atoms with Gasteiger partial charge in [0.2, 0.25) is 0 Å². The molecule has 1 aliphatic carbocycles. The van der Waals surface area contributed by atoms with E-state index >= 15 is 0 Å². The Morgan fingerprint density at radius 1 is 0.941 bits per heavy atom. The second-order valence-corrected chi connectivity index (χ2v) is 5.65. The lowest BCUT2D eigenvalue weighted by Gasteiger charge is -2.22. The van der Waals surface area contributed by atoms with Crippen molar-refractivity contribution in [2.75, 3.05) is 5.32 Å². The van der Waals surface area contributed by atoms with Gasteiger partial charge in [-0.3, -0.25) is 0 Å². The maximum atomic E-state index is 6.17. The summed E-state index contributed by atoms with van der Waals surface area (Å²) in [6, 6.07) is 6.15. The van der Waals surface area contributed by atoms with E-state index in [1.54, 1.807) is 0 Å². The van der Waals surface area contributed by atoms with Gasteiger partial charge in [0, 0.05) is 11.1 Å². The van der Waals surface area contributed by atoms with Crippen molar-refractivity contribution in [3.8, 4) is 0 Å². The minimum absolute atomic E-state index is 0.547. The molecule has 94 valence electrons. The number of nitrogens with one attached hydrogen (secondary N) is 1. The average molecular weight is 272 g/mol. The number of benzene rings is 1. The second kappa shape index (κ2) is 6.51. The molecule has 0 amide bonds. The van der Waals surface area contributed by atoms with Crippen LogP contribution in [0.25, 0.3) is 0 Å². The highest BCUT2D eigenvalue weighted by molar-refractivity contribution is 6.35. The van der Waals surface area contributed by atoms with Crippen molar-refractivity contribution in [1.82, 2.24) is 0 Å². The number of hydrogen-bond acceptors (Lipinski definition) is 1. The first-order valence-corrected chi connectivity index (χ1v) is 7.23. The molecule has 3 heteroatoms. The largest absolute Gasteiger partial charge is 0.381 e. The van der Waals surface area contributed by atoms with Crippen LogP contribution in [0, 0.1) is 0 Å². The first kappa shape index (κ1) is 13.0. The minimum atomic E-state index is 0.547. The maximum Gasteiger partial charge on any atom is 0.0638 e. The van der Waals surface area contributed by atoms with Crippen LogP contribution in [-0.4, -0.2) is 6.04 Å². The van der Waals surface area contributed by atoms with Gasteiger partial charge in [-0.15, -0.1) is 0 Å². The van der Waals surface area contributed by atoms with Crippen molar-refractivity contribution < 1.29 is 0 Å². The zero-order valence-electron chi connectivity index (χ0n) is 10.0. The molecule has 1 aromatic rings. The van der Waals surface area contributed by atoms with Crippen molar-refractivity contribution >= 4 is 28.9 Å². The first-order chi connectivity index (χ1) is 8.25. The number of halogens is 2. The zero-order valence-corrected chi connectivity index (χ0v) is 11.5. The zero-order chi connectivity index (χ0) is 12.1. The Bertz CT molecular complexity index is 357. The van der Waals surface area contributed by atoms with Crippen LogP contribution < -0.4 is 5.32 Å². The summed E-state index contributed by atoms with van der Waals surface area (Å²) >= 11 is 12.2. The Balaban J connectivity index is 2.00. The van der Waals surface area contributed by atoms with Gasteiger partial charge in [0.15, 0.2) is 0 Å². The van der Waals surface area contributed by atoms with Crippen LogP contribution in [0.5, 0.6) is 0 Å². The predicted molar refractivity (Wildman–Crippen MR) is 76.2 cm³/mol. The molecular formula is C14H19Cl2N. The highest BCUT2D eigenvalue weighted by Gasteiger charge is 2.12. The summed E-state index contributed by atoms with van der Waals surface area (Å²) in [5.41, 5.74) is 0.977. The fraction of sp³-hybridized carbons (Fsp3) is 0.571. The van der Waals surface area contributed by atoms with E-state index in [1.165, 1.54) is 44.9 Å². The monoisotopic (exact) mass is 271 g/mol. The standard InChI is InChI=1S/C14H19Cl2N/c15-11-8-9-13(16)14(10-11)17-12-6-4-2-1-3-5-7-12/h8-10,12,17H,1-7H2. The molecule has 1 fully saturated rings. The Morgan fingerprint density at radius 3 is 2.29 bits per heavy atom. The molecule has 0 aromatic heterocycles. The maximum absolute atomic E-state index is 6.17. The fourth-order valence-electron chi connectivity index (χ4n) is 2.43. The lowest BCUT2D eigenvalue weighted by atomic mass is 9.96. The van der Waals surface area contributed by atoms with Crippen LogP contribution in [0.15, 0.2) is 18.2 Å². The number of anilines is 1. The van der Waals surface area contributed by atoms with Gasteiger partial charge in [-0.05, 0) is 31.0 Å². The molecule has 0 atom stereocenters. The Kier molecular flexibility index (Phi) is 4.99. The smallest absolute Gasteiger partial charge is 0.0638 e. The molecular weight excluding hydrogens is 253 g/mol. The third-order valence-corrected chi connectivity index (χ3v) is 3.96. The lowest BCUT2D eigenvalue weighted by Crippen LogP contribution is -2.20. The third kappa shape index (κ3) is 4.08. The van der Waals surface area contributed by atoms with Crippen LogP contribution in [0.2, 0.25) is 10.0 Å². The topological polar surface area (TPSA) is 12.0 Å². The summed E-state index contributed by atoms with van der Waals surface area (Å²) in [6.45, 7) is 0. The predicted octanol–water partition coefficient (Wildman–Crippen LogP) is 5.52. The van der Waals surface area contributed by atoms with E-state index in [0.717, 1.165) is 15.7 Å². The first-order valence-electron chi connectivity index (χ1n) is 6.47. The Hall–Kier alpha value is -0.400. The summed E-state index contributed by atoms with van der Waals surface area (Å²) in [5, 5.41) is 5.04. The molecule has 0 radical (unpaired) electrons. The van der Waals surface area contributed by atoms with Crippen LogP contribution in [0.3, 0.4) is 0 Å². The summed E-state index contributed by atoms with van der Waals surface area (Å²) in [5.74, 6) is 0. The van der Waals surface area contributed by atoms with Gasteiger partial charge in [0.05, 0.1) is 10.7 Å². The SMILES string of the molecule is Clc1ccc(Cl)c(NC2CCCCCCC2)c1. The molecule has 1 saturated carbocycles. The lowest BCUT2D eigenvalue weighted by molar-refractivity contribution is 0.471. The van der Waals surface area contributed by atoms with E-state index in [-0.39, 0.29) is 0 Å². The quantitative estimate of drug-likeness (QED) is 0.747. The van der Waals surface area contributed by atoms with Gasteiger partial charge in [-0.1, -0.05) is 55.3 Å². The summed E-state index contributed by atoms with van der Waals surface area (Å²) in [7, 11) is 0. The van der Waals surface area contributed by atoms with Crippen LogP contribution in [0.4, 0.5) is 5.69 Å². The fourth-order valence-corrected chi connectivity index (χ4v) is 2.77. The highest BCUT2D eigenvalue weighted by atomic mass is 35.5. The van der Waals surface area contributed by atoms with Crippen LogP contribution in [0.1, 0.15) is 44.9 Å². The van der Waals surface area contributed by atoms with Gasteiger partial charge in [0.25, 0.3) is 0 Å². The number of rotatable bonds is 2. The Morgan fingerprint density at radius 2 is 1.59 bits per heavy atom. The van der Waals surface area contributed by atoms with Gasteiger partial charge in [0.1, 0.15) is 0 Å². The molecule has 1 N–H and O–H groups in total. The van der Waals surface area contributed by atoms with E-state index in [1.807, 2.05) is 18.2 Å². The third-order valence-electron chi connectivity index (χ3n) is 3.39.